The molecule has 0 radical (unpaired) electrons. The molecule has 0 saturated carbocycles. The van der Waals surface area contributed by atoms with Crippen LogP contribution in [0.5, 0.6) is 11.5 Å². The van der Waals surface area contributed by atoms with Gasteiger partial charge in [-0.15, -0.1) is 0 Å². The lowest BCUT2D eigenvalue weighted by Crippen LogP contribution is -2.54. The van der Waals surface area contributed by atoms with Crippen LogP contribution in [0.25, 0.3) is 6.08 Å². The molecule has 144 valence electrons. The third-order valence-corrected chi connectivity index (χ3v) is 4.46. The predicted molar refractivity (Wildman–Crippen MR) is 105 cm³/mol. The number of rotatable bonds is 4. The number of ether oxygens (including phenoxy) is 1. The summed E-state index contributed by atoms with van der Waals surface area (Å²) in [6, 6.07) is 8.14. The molecule has 2 N–H and O–H groups in total. The average molecular weight is 421 g/mol. The zero-order valence-electron chi connectivity index (χ0n) is 14.5. The molecule has 28 heavy (non-hydrogen) atoms. The Morgan fingerprint density at radius 1 is 1.14 bits per heavy atom. The Balaban J connectivity index is 2.06. The van der Waals surface area contributed by atoms with Gasteiger partial charge in [0.15, 0.2) is 11.5 Å². The number of phenolic OH excluding ortho intramolecular Hbond substituents is 1. The number of benzene rings is 2. The summed E-state index contributed by atoms with van der Waals surface area (Å²) in [5.74, 6) is -1.85. The fraction of sp³-hybridized carbons (Fsp3) is 0.105. The first kappa shape index (κ1) is 19.7. The fourth-order valence-electron chi connectivity index (χ4n) is 2.62. The van der Waals surface area contributed by atoms with Crippen molar-refractivity contribution in [3.05, 3.63) is 57.6 Å². The number of carbonyl (C=O) groups is 3. The zero-order chi connectivity index (χ0) is 20.4. The number of hydrogen-bond donors (Lipinski definition) is 2. The molecular weight excluding hydrogens is 407 g/mol. The summed E-state index contributed by atoms with van der Waals surface area (Å²) in [7, 11) is 0. The van der Waals surface area contributed by atoms with Crippen LogP contribution in [0.2, 0.25) is 10.0 Å². The highest BCUT2D eigenvalue weighted by atomic mass is 35.5. The van der Waals surface area contributed by atoms with Gasteiger partial charge in [-0.25, -0.2) is 9.69 Å². The zero-order valence-corrected chi connectivity index (χ0v) is 16.0. The lowest BCUT2D eigenvalue weighted by molar-refractivity contribution is -0.122. The number of carbonyl (C=O) groups excluding carboxylic acids is 3. The Morgan fingerprint density at radius 2 is 1.86 bits per heavy atom. The van der Waals surface area contributed by atoms with E-state index >= 15 is 0 Å². The lowest BCUT2D eigenvalue weighted by atomic mass is 10.1. The third kappa shape index (κ3) is 3.67. The summed E-state index contributed by atoms with van der Waals surface area (Å²) in [6.45, 7) is 2.00. The molecule has 0 unspecified atom stereocenters. The number of urea groups is 1. The van der Waals surface area contributed by atoms with Gasteiger partial charge in [0.1, 0.15) is 5.57 Å². The third-order valence-electron chi connectivity index (χ3n) is 3.86. The van der Waals surface area contributed by atoms with Gasteiger partial charge in [0.25, 0.3) is 11.8 Å². The van der Waals surface area contributed by atoms with E-state index < -0.39 is 17.8 Å². The first-order valence-corrected chi connectivity index (χ1v) is 8.90. The molecule has 3 rings (SSSR count). The largest absolute Gasteiger partial charge is 0.503 e. The summed E-state index contributed by atoms with van der Waals surface area (Å²) in [5.41, 5.74) is 0.172. The minimum atomic E-state index is -0.904. The number of barbiturate groups is 1. The van der Waals surface area contributed by atoms with E-state index in [-0.39, 0.29) is 39.4 Å². The van der Waals surface area contributed by atoms with E-state index in [1.54, 1.807) is 19.1 Å². The van der Waals surface area contributed by atoms with Crippen LogP contribution >= 0.6 is 23.2 Å². The summed E-state index contributed by atoms with van der Waals surface area (Å²) >= 11 is 12.1. The Bertz CT molecular complexity index is 1020. The second-order valence-corrected chi connectivity index (χ2v) is 6.51. The maximum Gasteiger partial charge on any atom is 0.335 e. The van der Waals surface area contributed by atoms with Crippen LogP contribution in [-0.4, -0.2) is 29.6 Å². The number of imide groups is 2. The van der Waals surface area contributed by atoms with E-state index in [0.717, 1.165) is 4.90 Å². The molecule has 2 aromatic carbocycles. The molecule has 1 fully saturated rings. The van der Waals surface area contributed by atoms with Crippen molar-refractivity contribution in [2.45, 2.75) is 6.92 Å². The minimum absolute atomic E-state index is 0.0134. The monoisotopic (exact) mass is 420 g/mol. The number of nitrogens with one attached hydrogen (secondary N) is 1. The van der Waals surface area contributed by atoms with Crippen molar-refractivity contribution in [3.8, 4) is 11.5 Å². The van der Waals surface area contributed by atoms with Crippen LogP contribution in [0.3, 0.4) is 0 Å². The van der Waals surface area contributed by atoms with Crippen LogP contribution < -0.4 is 15.0 Å². The minimum Gasteiger partial charge on any atom is -0.503 e. The van der Waals surface area contributed by atoms with Crippen molar-refractivity contribution in [1.82, 2.24) is 5.32 Å². The molecule has 1 heterocycles. The van der Waals surface area contributed by atoms with E-state index in [1.807, 2.05) is 0 Å². The molecule has 0 bridgehead atoms. The smallest absolute Gasteiger partial charge is 0.335 e. The molecule has 4 amide bonds. The Labute approximate surface area is 170 Å². The first-order chi connectivity index (χ1) is 13.3. The van der Waals surface area contributed by atoms with Gasteiger partial charge < -0.3 is 9.84 Å². The van der Waals surface area contributed by atoms with Gasteiger partial charge in [-0.3, -0.25) is 14.9 Å². The number of nitrogens with zero attached hydrogens (tertiary/aromatic N) is 1. The molecule has 1 aliphatic rings. The van der Waals surface area contributed by atoms with Crippen molar-refractivity contribution in [2.75, 3.05) is 11.5 Å². The van der Waals surface area contributed by atoms with E-state index in [4.69, 9.17) is 27.9 Å². The topological polar surface area (TPSA) is 95.9 Å². The van der Waals surface area contributed by atoms with Gasteiger partial charge >= 0.3 is 6.03 Å². The lowest BCUT2D eigenvalue weighted by Gasteiger charge is -2.27. The molecule has 1 aliphatic heterocycles. The quantitative estimate of drug-likeness (QED) is 0.579. The average Bonchev–Trinajstić information content (AvgIpc) is 2.64. The van der Waals surface area contributed by atoms with Crippen LogP contribution in [0.1, 0.15) is 12.5 Å². The van der Waals surface area contributed by atoms with Crippen molar-refractivity contribution in [3.63, 3.8) is 0 Å². The van der Waals surface area contributed by atoms with E-state index in [0.29, 0.717) is 5.56 Å². The number of phenols is 1. The van der Waals surface area contributed by atoms with Crippen molar-refractivity contribution in [2.24, 2.45) is 0 Å². The van der Waals surface area contributed by atoms with Gasteiger partial charge in [-0.05, 0) is 42.8 Å². The SMILES string of the molecule is CCOc1cc(/C=C2/C(=O)NC(=O)N(c3ccccc3Cl)C2=O)cc(Cl)c1O. The molecular formula is C19H14Cl2N2O5. The van der Waals surface area contributed by atoms with Gasteiger partial charge in [-0.1, -0.05) is 35.3 Å². The maximum absolute atomic E-state index is 12.9. The van der Waals surface area contributed by atoms with E-state index in [2.05, 4.69) is 5.32 Å². The van der Waals surface area contributed by atoms with Crippen LogP contribution in [0, 0.1) is 0 Å². The summed E-state index contributed by atoms with van der Waals surface area (Å²) in [5, 5.41) is 12.2. The highest BCUT2D eigenvalue weighted by Crippen LogP contribution is 2.36. The Morgan fingerprint density at radius 3 is 2.54 bits per heavy atom. The van der Waals surface area contributed by atoms with Crippen LogP contribution in [-0.2, 0) is 9.59 Å². The Hall–Kier alpha value is -3.03. The van der Waals surface area contributed by atoms with Crippen molar-refractivity contribution in [1.29, 1.82) is 0 Å². The number of amides is 4. The molecule has 9 heteroatoms. The van der Waals surface area contributed by atoms with Gasteiger partial charge in [-0.2, -0.15) is 0 Å². The summed E-state index contributed by atoms with van der Waals surface area (Å²) < 4.78 is 5.29. The van der Waals surface area contributed by atoms with Crippen LogP contribution in [0.15, 0.2) is 42.0 Å². The second-order valence-electron chi connectivity index (χ2n) is 5.69. The molecule has 0 atom stereocenters. The van der Waals surface area contributed by atoms with Gasteiger partial charge in [0.05, 0.1) is 22.3 Å². The molecule has 0 aromatic heterocycles. The molecule has 0 spiro atoms. The van der Waals surface area contributed by atoms with E-state index in [9.17, 15) is 19.5 Å². The molecule has 7 nitrogen and oxygen atoms in total. The molecule has 2 aromatic rings. The van der Waals surface area contributed by atoms with Crippen LogP contribution in [0.4, 0.5) is 10.5 Å². The highest BCUT2D eigenvalue weighted by molar-refractivity contribution is 6.42. The summed E-state index contributed by atoms with van der Waals surface area (Å²) in [4.78, 5) is 38.1. The van der Waals surface area contributed by atoms with Gasteiger partial charge in [0.2, 0.25) is 0 Å². The van der Waals surface area contributed by atoms with Gasteiger partial charge in [0, 0.05) is 0 Å². The molecule has 0 aliphatic carbocycles. The number of halogens is 2. The number of anilines is 1. The number of aromatic hydroxyl groups is 1. The summed E-state index contributed by atoms with van der Waals surface area (Å²) in [6.07, 6.45) is 1.25. The van der Waals surface area contributed by atoms with Crippen molar-refractivity contribution < 1.29 is 24.2 Å². The Kier molecular flexibility index (Phi) is 5.58. The highest BCUT2D eigenvalue weighted by Gasteiger charge is 2.37. The second kappa shape index (κ2) is 7.92. The number of hydrogen-bond acceptors (Lipinski definition) is 5. The predicted octanol–water partition coefficient (Wildman–Crippen LogP) is 3.76. The van der Waals surface area contributed by atoms with Crippen molar-refractivity contribution >= 4 is 52.8 Å². The number of para-hydroxylation sites is 1. The van der Waals surface area contributed by atoms with E-state index in [1.165, 1.54) is 30.3 Å². The fourth-order valence-corrected chi connectivity index (χ4v) is 3.06. The maximum atomic E-state index is 12.9. The first-order valence-electron chi connectivity index (χ1n) is 8.14. The molecule has 1 saturated heterocycles. The standard InChI is InChI=1S/C19H14Cl2N2O5/c1-2-28-15-9-10(8-13(21)16(15)24)7-11-17(25)22-19(27)23(18(11)26)14-6-4-3-5-12(14)20/h3-9,24H,2H2,1H3,(H,22,25,27)/b11-7-. The normalized spacial score (nSPS) is 15.8.